The number of ether oxygens (including phenoxy) is 1. The molecule has 4 aromatic rings. The quantitative estimate of drug-likeness (QED) is 0.399. The summed E-state index contributed by atoms with van der Waals surface area (Å²) in [5, 5.41) is 7.57. The molecule has 5 rings (SSSR count). The number of thiophene rings is 1. The Hall–Kier alpha value is -3.63. The van der Waals surface area contributed by atoms with E-state index in [9.17, 15) is 9.59 Å². The van der Waals surface area contributed by atoms with E-state index in [-0.39, 0.29) is 35.6 Å². The summed E-state index contributed by atoms with van der Waals surface area (Å²) in [6.45, 7) is 0.479. The summed E-state index contributed by atoms with van der Waals surface area (Å²) in [6.07, 6.45) is 4.65. The van der Waals surface area contributed by atoms with E-state index in [1.54, 1.807) is 24.5 Å². The lowest BCUT2D eigenvalue weighted by molar-refractivity contribution is -0.121. The Labute approximate surface area is 197 Å². The van der Waals surface area contributed by atoms with Crippen molar-refractivity contribution in [2.75, 3.05) is 17.7 Å². The second-order valence-corrected chi connectivity index (χ2v) is 9.13. The fourth-order valence-electron chi connectivity index (χ4n) is 3.59. The van der Waals surface area contributed by atoms with Gasteiger partial charge >= 0.3 is 0 Å². The number of carbonyl (C=O) groups is 1. The number of aromatic nitrogens is 3. The molecule has 11 heteroatoms. The number of nitrogens with one attached hydrogen (secondary N) is 2. The van der Waals surface area contributed by atoms with E-state index in [1.165, 1.54) is 22.2 Å². The number of rotatable bonds is 5. The molecule has 1 amide bonds. The summed E-state index contributed by atoms with van der Waals surface area (Å²) in [5.74, 6) is -0.0910. The number of hydrogen-bond acceptors (Lipinski definition) is 8. The first-order valence-corrected chi connectivity index (χ1v) is 11.3. The molecular weight excluding hydrogens is 464 g/mol. The van der Waals surface area contributed by atoms with Crippen molar-refractivity contribution in [3.8, 4) is 5.88 Å². The summed E-state index contributed by atoms with van der Waals surface area (Å²) in [5.41, 5.74) is 7.33. The van der Waals surface area contributed by atoms with Crippen LogP contribution in [0.3, 0.4) is 0 Å². The highest BCUT2D eigenvalue weighted by Gasteiger charge is 2.25. The molecule has 1 aliphatic heterocycles. The molecule has 0 spiro atoms. The van der Waals surface area contributed by atoms with Crippen LogP contribution >= 0.6 is 22.9 Å². The molecule has 1 aliphatic rings. The van der Waals surface area contributed by atoms with E-state index >= 15 is 0 Å². The fourth-order valence-corrected chi connectivity index (χ4v) is 4.71. The lowest BCUT2D eigenvalue weighted by Crippen LogP contribution is -2.36. The number of hydrogen-bond donors (Lipinski definition) is 3. The van der Waals surface area contributed by atoms with Crippen LogP contribution in [0.4, 0.5) is 11.4 Å². The molecular formula is C22H19ClN6O3S. The third kappa shape index (κ3) is 4.35. The zero-order chi connectivity index (χ0) is 22.9. The number of fused-ring (bicyclic) bond motifs is 2. The maximum absolute atomic E-state index is 13.0. The number of nitrogens with zero attached hydrogens (tertiary/aromatic N) is 3. The number of amides is 1. The third-order valence-electron chi connectivity index (χ3n) is 5.26. The van der Waals surface area contributed by atoms with Crippen LogP contribution in [0.15, 0.2) is 53.8 Å². The van der Waals surface area contributed by atoms with Crippen molar-refractivity contribution in [1.29, 1.82) is 0 Å². The van der Waals surface area contributed by atoms with Crippen molar-refractivity contribution in [3.63, 3.8) is 0 Å². The van der Waals surface area contributed by atoms with Crippen molar-refractivity contribution in [1.82, 2.24) is 19.9 Å². The van der Waals surface area contributed by atoms with Gasteiger partial charge in [-0.25, -0.2) is 4.98 Å². The molecule has 4 N–H and O–H groups in total. The van der Waals surface area contributed by atoms with E-state index in [2.05, 4.69) is 20.6 Å². The van der Waals surface area contributed by atoms with Crippen LogP contribution in [0.1, 0.15) is 16.5 Å². The van der Waals surface area contributed by atoms with Gasteiger partial charge < -0.3 is 21.1 Å². The highest BCUT2D eigenvalue weighted by molar-refractivity contribution is 7.19. The van der Waals surface area contributed by atoms with Gasteiger partial charge in [0.05, 0.1) is 29.2 Å². The van der Waals surface area contributed by atoms with Crippen molar-refractivity contribution < 1.29 is 9.53 Å². The molecule has 1 atom stereocenters. The molecule has 0 radical (unpaired) electrons. The van der Waals surface area contributed by atoms with E-state index in [1.807, 2.05) is 18.2 Å². The Morgan fingerprint density at radius 3 is 2.94 bits per heavy atom. The van der Waals surface area contributed by atoms with Gasteiger partial charge in [-0.05, 0) is 23.8 Å². The van der Waals surface area contributed by atoms with Crippen LogP contribution in [0, 0.1) is 0 Å². The molecule has 0 bridgehead atoms. The normalized spacial score (nSPS) is 14.9. The van der Waals surface area contributed by atoms with Crippen molar-refractivity contribution in [2.45, 2.75) is 19.1 Å². The molecule has 0 saturated carbocycles. The number of benzene rings is 1. The topological polar surface area (TPSA) is 124 Å². The molecule has 33 heavy (non-hydrogen) atoms. The van der Waals surface area contributed by atoms with Gasteiger partial charge in [0.1, 0.15) is 19.5 Å². The predicted molar refractivity (Wildman–Crippen MR) is 128 cm³/mol. The van der Waals surface area contributed by atoms with E-state index in [4.69, 9.17) is 22.1 Å². The van der Waals surface area contributed by atoms with Crippen LogP contribution in [-0.4, -0.2) is 27.0 Å². The number of halogens is 1. The third-order valence-corrected chi connectivity index (χ3v) is 6.71. The summed E-state index contributed by atoms with van der Waals surface area (Å²) in [7, 11) is 0. The van der Waals surface area contributed by atoms with Gasteiger partial charge in [-0.1, -0.05) is 23.7 Å². The number of nitrogens with two attached hydrogens (primary N) is 1. The van der Waals surface area contributed by atoms with Gasteiger partial charge in [-0.15, -0.1) is 11.3 Å². The van der Waals surface area contributed by atoms with Crippen LogP contribution in [0.25, 0.3) is 10.1 Å². The lowest BCUT2D eigenvalue weighted by atomic mass is 10.1. The Morgan fingerprint density at radius 1 is 1.33 bits per heavy atom. The first kappa shape index (κ1) is 21.2. The van der Waals surface area contributed by atoms with Crippen LogP contribution in [0.2, 0.25) is 5.02 Å². The number of carbonyl (C=O) groups excluding carboxylic acids is 1. The van der Waals surface area contributed by atoms with E-state index < -0.39 is 0 Å². The maximum Gasteiger partial charge on any atom is 0.281 e. The molecule has 168 valence electrons. The van der Waals surface area contributed by atoms with Gasteiger partial charge in [0, 0.05) is 21.5 Å². The highest BCUT2D eigenvalue weighted by atomic mass is 35.5. The Bertz CT molecular complexity index is 1400. The molecule has 0 aliphatic carbocycles. The summed E-state index contributed by atoms with van der Waals surface area (Å²) in [6, 6.07) is 9.00. The molecule has 9 nitrogen and oxygen atoms in total. The predicted octanol–water partition coefficient (Wildman–Crippen LogP) is 2.95. The molecule has 4 heterocycles. The fraction of sp³-hybridized carbons (Fsp3) is 0.182. The molecule has 0 saturated heterocycles. The Balaban J connectivity index is 1.27. The zero-order valence-electron chi connectivity index (χ0n) is 17.2. The monoisotopic (exact) mass is 482 g/mol. The lowest BCUT2D eigenvalue weighted by Gasteiger charge is -2.26. The van der Waals surface area contributed by atoms with Crippen LogP contribution < -0.4 is 26.7 Å². The minimum absolute atomic E-state index is 0.166. The molecule has 3 aromatic heterocycles. The van der Waals surface area contributed by atoms with Crippen molar-refractivity contribution in [3.05, 3.63) is 74.9 Å². The van der Waals surface area contributed by atoms with E-state index in [0.29, 0.717) is 23.9 Å². The highest BCUT2D eigenvalue weighted by Crippen LogP contribution is 2.30. The zero-order valence-corrected chi connectivity index (χ0v) is 18.8. The second-order valence-electron chi connectivity index (χ2n) is 7.55. The largest absolute Gasteiger partial charge is 0.473 e. The van der Waals surface area contributed by atoms with Gasteiger partial charge in [-0.2, -0.15) is 0 Å². The minimum atomic E-state index is -0.380. The van der Waals surface area contributed by atoms with Crippen molar-refractivity contribution in [2.24, 2.45) is 0 Å². The summed E-state index contributed by atoms with van der Waals surface area (Å²) < 4.78 is 7.86. The average molecular weight is 483 g/mol. The Morgan fingerprint density at radius 2 is 2.15 bits per heavy atom. The summed E-state index contributed by atoms with van der Waals surface area (Å²) in [4.78, 5) is 34.7. The minimum Gasteiger partial charge on any atom is -0.473 e. The summed E-state index contributed by atoms with van der Waals surface area (Å²) >= 11 is 7.46. The first-order chi connectivity index (χ1) is 16.0. The Kier molecular flexibility index (Phi) is 5.61. The maximum atomic E-state index is 13.0. The van der Waals surface area contributed by atoms with Crippen molar-refractivity contribution >= 4 is 50.3 Å². The van der Waals surface area contributed by atoms with Gasteiger partial charge in [0.25, 0.3) is 5.56 Å². The smallest absolute Gasteiger partial charge is 0.281 e. The SMILES string of the molecule is Nc1cncc2cc(CNC(=O)Cn3cnc4c(c3=O)N[C@H](c3ccc(Cl)cc3)CO4)sc12. The molecule has 0 unspecified atom stereocenters. The number of anilines is 2. The van der Waals surface area contributed by atoms with Gasteiger partial charge in [0.15, 0.2) is 5.69 Å². The number of pyridine rings is 1. The second kappa shape index (κ2) is 8.72. The first-order valence-electron chi connectivity index (χ1n) is 10.1. The van der Waals surface area contributed by atoms with Gasteiger partial charge in [0.2, 0.25) is 11.8 Å². The van der Waals surface area contributed by atoms with Crippen LogP contribution in [0.5, 0.6) is 5.88 Å². The average Bonchev–Trinajstić information content (AvgIpc) is 3.25. The van der Waals surface area contributed by atoms with Gasteiger partial charge in [-0.3, -0.25) is 19.1 Å². The molecule has 0 fully saturated rings. The standard InChI is InChI=1S/C22H19ClN6O3S/c23-14-3-1-12(2-4-14)17-10-32-21-19(28-17)22(31)29(11-27-21)9-18(30)26-7-15-5-13-6-25-8-16(24)20(13)33-15/h1-6,8,11,17,28H,7,9-10,24H2,(H,26,30)/t17-/m0/s1. The number of nitrogen functional groups attached to an aromatic ring is 1. The molecule has 1 aromatic carbocycles. The van der Waals surface area contributed by atoms with Crippen LogP contribution in [-0.2, 0) is 17.9 Å². The van der Waals surface area contributed by atoms with E-state index in [0.717, 1.165) is 20.5 Å².